The Balaban J connectivity index is 0.000000207. The van der Waals surface area contributed by atoms with Crippen LogP contribution in [-0.4, -0.2) is 31.2 Å². The first-order valence-electron chi connectivity index (χ1n) is 10.4. The maximum Gasteiger partial charge on any atom is 0.220 e. The van der Waals surface area contributed by atoms with Gasteiger partial charge in [0.25, 0.3) is 0 Å². The van der Waals surface area contributed by atoms with Crippen LogP contribution >= 0.6 is 46.5 Å². The molecule has 0 spiro atoms. The third kappa shape index (κ3) is 5.77. The lowest BCUT2D eigenvalue weighted by molar-refractivity contribution is 0.109. The van der Waals surface area contributed by atoms with Crippen molar-refractivity contribution in [3.63, 3.8) is 0 Å². The fourth-order valence-corrected chi connectivity index (χ4v) is 5.04. The molecule has 0 unspecified atom stereocenters. The molecule has 2 heterocycles. The molecular formula is C25H15Cl2F3N4OS2. The van der Waals surface area contributed by atoms with Crippen LogP contribution in [0.1, 0.15) is 16.1 Å². The van der Waals surface area contributed by atoms with E-state index in [1.54, 1.807) is 43.5 Å². The molecule has 5 aromatic rings. The molecular weight excluding hydrogens is 564 g/mol. The molecule has 5 nitrogen and oxygen atoms in total. The summed E-state index contributed by atoms with van der Waals surface area (Å²) in [5.74, 6) is -3.16. The van der Waals surface area contributed by atoms with Gasteiger partial charge in [0.15, 0.2) is 5.15 Å². The number of halogens is 5. The molecule has 0 radical (unpaired) electrons. The molecule has 0 N–H and O–H groups in total. The molecule has 0 aliphatic rings. The highest BCUT2D eigenvalue weighted by Crippen LogP contribution is 2.40. The standard InChI is InChI=1S/C17H9Cl2F3N2.C8H6N2OS2/c1-8-14(9-2-4-10(18)5-3-9)16(17(19)24-23-8)15-12(21)6-11(20)7-13(15)22;1-12-8(11)5-3-2-4-6-7(5)13-10-9-6/h2-7H,1H3;2-4H,1H3. The first-order chi connectivity index (χ1) is 17.7. The average molecular weight is 579 g/mol. The van der Waals surface area contributed by atoms with Crippen LogP contribution in [0, 0.1) is 24.4 Å². The largest absolute Gasteiger partial charge is 0.282 e. The summed E-state index contributed by atoms with van der Waals surface area (Å²) in [5.41, 5.74) is 2.48. The normalized spacial score (nSPS) is 10.8. The summed E-state index contributed by atoms with van der Waals surface area (Å²) >= 11 is 14.4. The van der Waals surface area contributed by atoms with Crippen LogP contribution in [0.15, 0.2) is 54.6 Å². The Labute approximate surface area is 227 Å². The van der Waals surface area contributed by atoms with Gasteiger partial charge >= 0.3 is 0 Å². The Morgan fingerprint density at radius 3 is 2.22 bits per heavy atom. The van der Waals surface area contributed by atoms with Crippen molar-refractivity contribution in [2.45, 2.75) is 6.92 Å². The number of thioether (sulfide) groups is 1. The molecule has 0 amide bonds. The van der Waals surface area contributed by atoms with Gasteiger partial charge in [-0.3, -0.25) is 4.79 Å². The predicted molar refractivity (Wildman–Crippen MR) is 143 cm³/mol. The number of carbonyl (C=O) groups is 1. The topological polar surface area (TPSA) is 68.6 Å². The van der Waals surface area contributed by atoms with E-state index in [1.165, 1.54) is 23.3 Å². The number of aryl methyl sites for hydroxylation is 1. The van der Waals surface area contributed by atoms with E-state index in [0.29, 0.717) is 39.5 Å². The first-order valence-corrected chi connectivity index (χ1v) is 13.2. The average Bonchev–Trinajstić information content (AvgIpc) is 3.35. The second-order valence-electron chi connectivity index (χ2n) is 7.50. The number of fused-ring (bicyclic) bond motifs is 1. The fraction of sp³-hybridized carbons (Fsp3) is 0.0800. The molecule has 0 aliphatic heterocycles. The zero-order valence-electron chi connectivity index (χ0n) is 19.1. The van der Waals surface area contributed by atoms with Crippen LogP contribution in [-0.2, 0) is 0 Å². The maximum atomic E-state index is 14.3. The van der Waals surface area contributed by atoms with Crippen molar-refractivity contribution in [1.29, 1.82) is 0 Å². The Morgan fingerprint density at radius 1 is 0.892 bits per heavy atom. The van der Waals surface area contributed by atoms with Crippen LogP contribution in [0.25, 0.3) is 32.5 Å². The Morgan fingerprint density at radius 2 is 1.57 bits per heavy atom. The lowest BCUT2D eigenvalue weighted by Crippen LogP contribution is -2.01. The summed E-state index contributed by atoms with van der Waals surface area (Å²) in [5, 5.41) is 11.9. The Hall–Kier alpha value is -3.05. The van der Waals surface area contributed by atoms with Gasteiger partial charge in [0.05, 0.1) is 16.0 Å². The number of rotatable bonds is 3. The SMILES string of the molecule is CSC(=O)c1cccc2nnsc12.Cc1nnc(Cl)c(-c2c(F)cc(F)cc2F)c1-c1ccc(Cl)cc1. The van der Waals surface area contributed by atoms with E-state index in [4.69, 9.17) is 23.2 Å². The summed E-state index contributed by atoms with van der Waals surface area (Å²) < 4.78 is 46.4. The van der Waals surface area contributed by atoms with Crippen molar-refractivity contribution >= 4 is 61.8 Å². The smallest absolute Gasteiger partial charge is 0.220 e. The lowest BCUT2D eigenvalue weighted by Gasteiger charge is -2.15. The van der Waals surface area contributed by atoms with Gasteiger partial charge < -0.3 is 0 Å². The highest BCUT2D eigenvalue weighted by molar-refractivity contribution is 8.13. The number of carbonyl (C=O) groups excluding carboxylic acids is 1. The van der Waals surface area contributed by atoms with E-state index in [0.717, 1.165) is 10.2 Å². The minimum absolute atomic E-state index is 0.0153. The number of hydrogen-bond acceptors (Lipinski definition) is 7. The second kappa shape index (κ2) is 11.6. The Bertz CT molecular complexity index is 1590. The minimum atomic E-state index is -1.07. The number of nitrogens with zero attached hydrogens (tertiary/aromatic N) is 4. The van der Waals surface area contributed by atoms with Gasteiger partial charge in [-0.25, -0.2) is 13.2 Å². The van der Waals surface area contributed by atoms with E-state index >= 15 is 0 Å². The van der Waals surface area contributed by atoms with Gasteiger partial charge in [-0.05, 0) is 54.5 Å². The van der Waals surface area contributed by atoms with Crippen LogP contribution in [0.2, 0.25) is 10.2 Å². The van der Waals surface area contributed by atoms with Gasteiger partial charge in [0.1, 0.15) is 23.0 Å². The third-order valence-electron chi connectivity index (χ3n) is 5.18. The van der Waals surface area contributed by atoms with E-state index < -0.39 is 23.0 Å². The summed E-state index contributed by atoms with van der Waals surface area (Å²) in [6.07, 6.45) is 1.77. The molecule has 0 atom stereocenters. The summed E-state index contributed by atoms with van der Waals surface area (Å²) in [4.78, 5) is 11.4. The monoisotopic (exact) mass is 578 g/mol. The van der Waals surface area contributed by atoms with Gasteiger partial charge in [-0.1, -0.05) is 57.7 Å². The number of benzene rings is 3. The van der Waals surface area contributed by atoms with E-state index in [-0.39, 0.29) is 15.8 Å². The summed E-state index contributed by atoms with van der Waals surface area (Å²) in [6.45, 7) is 1.64. The first kappa shape index (κ1) is 27.0. The zero-order valence-corrected chi connectivity index (χ0v) is 22.2. The van der Waals surface area contributed by atoms with Crippen molar-refractivity contribution < 1.29 is 18.0 Å². The zero-order chi connectivity index (χ0) is 26.7. The van der Waals surface area contributed by atoms with E-state index in [1.807, 2.05) is 12.1 Å². The van der Waals surface area contributed by atoms with Crippen molar-refractivity contribution in [3.8, 4) is 22.3 Å². The summed E-state index contributed by atoms with van der Waals surface area (Å²) in [7, 11) is 0. The van der Waals surface area contributed by atoms with Crippen LogP contribution in [0.5, 0.6) is 0 Å². The van der Waals surface area contributed by atoms with Gasteiger partial charge in [-0.2, -0.15) is 5.10 Å². The highest BCUT2D eigenvalue weighted by Gasteiger charge is 2.23. The van der Waals surface area contributed by atoms with Gasteiger partial charge in [0.2, 0.25) is 5.12 Å². The van der Waals surface area contributed by atoms with Crippen molar-refractivity contribution in [2.75, 3.05) is 6.26 Å². The Kier molecular flexibility index (Phi) is 8.43. The molecule has 188 valence electrons. The fourth-order valence-electron chi connectivity index (χ4n) is 3.56. The molecule has 5 rings (SSSR count). The molecule has 0 saturated carbocycles. The van der Waals surface area contributed by atoms with E-state index in [9.17, 15) is 18.0 Å². The quantitative estimate of drug-likeness (QED) is 0.216. The maximum absolute atomic E-state index is 14.3. The molecule has 3 aromatic carbocycles. The van der Waals surface area contributed by atoms with Crippen molar-refractivity contribution in [2.24, 2.45) is 0 Å². The molecule has 0 fully saturated rings. The minimum Gasteiger partial charge on any atom is -0.282 e. The molecule has 12 heteroatoms. The molecule has 0 bridgehead atoms. The van der Waals surface area contributed by atoms with Crippen molar-refractivity contribution in [1.82, 2.24) is 19.8 Å². The molecule has 2 aromatic heterocycles. The van der Waals surface area contributed by atoms with Gasteiger partial charge in [0, 0.05) is 33.8 Å². The van der Waals surface area contributed by atoms with Crippen LogP contribution < -0.4 is 0 Å². The number of hydrogen-bond donors (Lipinski definition) is 0. The lowest BCUT2D eigenvalue weighted by atomic mass is 9.94. The molecule has 0 aliphatic carbocycles. The van der Waals surface area contributed by atoms with Gasteiger partial charge in [-0.15, -0.1) is 10.2 Å². The summed E-state index contributed by atoms with van der Waals surface area (Å²) in [6, 6.07) is 13.3. The second-order valence-corrected chi connectivity index (χ2v) is 9.82. The third-order valence-corrected chi connectivity index (χ3v) is 7.06. The predicted octanol–water partition coefficient (Wildman–Crippen LogP) is 8.04. The van der Waals surface area contributed by atoms with E-state index in [2.05, 4.69) is 19.8 Å². The molecule has 0 saturated heterocycles. The highest BCUT2D eigenvalue weighted by atomic mass is 35.5. The van der Waals surface area contributed by atoms with Crippen molar-refractivity contribution in [3.05, 3.63) is 93.5 Å². The number of aromatic nitrogens is 4. The van der Waals surface area contributed by atoms with Crippen LogP contribution in [0.4, 0.5) is 13.2 Å². The molecule has 37 heavy (non-hydrogen) atoms. The van der Waals surface area contributed by atoms with Crippen LogP contribution in [0.3, 0.4) is 0 Å².